The second-order valence-corrected chi connectivity index (χ2v) is 5.96. The predicted octanol–water partition coefficient (Wildman–Crippen LogP) is 1.44. The van der Waals surface area contributed by atoms with Gasteiger partial charge in [-0.2, -0.15) is 0 Å². The number of nitrogens with one attached hydrogen (secondary N) is 1. The fraction of sp³-hybridized carbons (Fsp3) is 0.235. The number of pyridine rings is 1. The van der Waals surface area contributed by atoms with E-state index in [-0.39, 0.29) is 11.8 Å². The van der Waals surface area contributed by atoms with E-state index in [0.29, 0.717) is 18.9 Å². The van der Waals surface area contributed by atoms with Gasteiger partial charge < -0.3 is 10.2 Å². The minimum atomic E-state index is -0.0759. The Balaban J connectivity index is 1.40. The number of aromatic nitrogens is 5. The summed E-state index contributed by atoms with van der Waals surface area (Å²) in [4.78, 5) is 31.2. The maximum absolute atomic E-state index is 12.4. The minimum absolute atomic E-state index is 0.0121. The molecule has 3 aromatic heterocycles. The van der Waals surface area contributed by atoms with Crippen molar-refractivity contribution in [2.75, 3.05) is 23.3 Å². The Morgan fingerprint density at radius 1 is 1.20 bits per heavy atom. The molecular formula is C17H17N7O. The van der Waals surface area contributed by atoms with Gasteiger partial charge in [-0.3, -0.25) is 9.36 Å². The number of aryl methyl sites for hydroxylation is 1. The summed E-state index contributed by atoms with van der Waals surface area (Å²) in [7, 11) is 0. The molecule has 0 saturated carbocycles. The molecule has 126 valence electrons. The topological polar surface area (TPSA) is 88.8 Å². The summed E-state index contributed by atoms with van der Waals surface area (Å²) >= 11 is 0. The zero-order chi connectivity index (χ0) is 17.2. The van der Waals surface area contributed by atoms with Crippen LogP contribution in [-0.4, -0.2) is 43.5 Å². The standard InChI is InChI=1S/C17H17N7O/c1-12-3-2-4-19-16(12)22-17(25)13-8-24(9-13)15-7-14(20-10-21-15)23-6-5-18-11-23/h2-7,10-11,13H,8-9H2,1H3,(H,19,22,25). The maximum atomic E-state index is 12.4. The highest BCUT2D eigenvalue weighted by Gasteiger charge is 2.34. The number of amides is 1. The smallest absolute Gasteiger partial charge is 0.232 e. The molecule has 1 N–H and O–H groups in total. The Hall–Kier alpha value is -3.29. The van der Waals surface area contributed by atoms with Gasteiger partial charge in [0, 0.05) is 37.7 Å². The van der Waals surface area contributed by atoms with Crippen LogP contribution in [0.4, 0.5) is 11.6 Å². The van der Waals surface area contributed by atoms with Crippen molar-refractivity contribution in [3.8, 4) is 5.82 Å². The van der Waals surface area contributed by atoms with Crippen LogP contribution in [0.5, 0.6) is 0 Å². The molecule has 1 aliphatic rings. The van der Waals surface area contributed by atoms with Crippen molar-refractivity contribution in [1.29, 1.82) is 0 Å². The lowest BCUT2D eigenvalue weighted by Crippen LogP contribution is -2.52. The third-order valence-corrected chi connectivity index (χ3v) is 4.23. The third kappa shape index (κ3) is 3.06. The molecule has 0 radical (unpaired) electrons. The lowest BCUT2D eigenvalue weighted by Gasteiger charge is -2.39. The first-order valence-corrected chi connectivity index (χ1v) is 7.98. The molecule has 0 aliphatic carbocycles. The zero-order valence-corrected chi connectivity index (χ0v) is 13.7. The Kier molecular flexibility index (Phi) is 3.85. The summed E-state index contributed by atoms with van der Waals surface area (Å²) in [5.74, 6) is 2.08. The van der Waals surface area contributed by atoms with E-state index in [0.717, 1.165) is 17.2 Å². The highest BCUT2D eigenvalue weighted by Crippen LogP contribution is 2.24. The molecule has 1 saturated heterocycles. The van der Waals surface area contributed by atoms with Crippen LogP contribution in [0.1, 0.15) is 5.56 Å². The maximum Gasteiger partial charge on any atom is 0.232 e. The Morgan fingerprint density at radius 3 is 2.80 bits per heavy atom. The summed E-state index contributed by atoms with van der Waals surface area (Å²) in [5.41, 5.74) is 0.952. The van der Waals surface area contributed by atoms with E-state index >= 15 is 0 Å². The van der Waals surface area contributed by atoms with Gasteiger partial charge in [0.05, 0.1) is 5.92 Å². The van der Waals surface area contributed by atoms with Crippen LogP contribution in [0.2, 0.25) is 0 Å². The molecular weight excluding hydrogens is 318 g/mol. The van der Waals surface area contributed by atoms with Crippen LogP contribution < -0.4 is 10.2 Å². The quantitative estimate of drug-likeness (QED) is 0.776. The molecule has 0 bridgehead atoms. The molecule has 0 aromatic carbocycles. The molecule has 0 unspecified atom stereocenters. The average molecular weight is 335 g/mol. The van der Waals surface area contributed by atoms with Crippen molar-refractivity contribution in [2.45, 2.75) is 6.92 Å². The fourth-order valence-electron chi connectivity index (χ4n) is 2.71. The van der Waals surface area contributed by atoms with Gasteiger partial charge in [0.15, 0.2) is 0 Å². The van der Waals surface area contributed by atoms with Gasteiger partial charge in [0.2, 0.25) is 5.91 Å². The van der Waals surface area contributed by atoms with Crippen molar-refractivity contribution in [3.05, 3.63) is 55.0 Å². The van der Waals surface area contributed by atoms with Crippen LogP contribution in [0.25, 0.3) is 5.82 Å². The van der Waals surface area contributed by atoms with Gasteiger partial charge in [-0.25, -0.2) is 19.9 Å². The number of nitrogens with zero attached hydrogens (tertiary/aromatic N) is 6. The molecule has 8 heteroatoms. The van der Waals surface area contributed by atoms with Gasteiger partial charge in [-0.15, -0.1) is 0 Å². The second-order valence-electron chi connectivity index (χ2n) is 5.96. The largest absolute Gasteiger partial charge is 0.355 e. The van der Waals surface area contributed by atoms with Crippen LogP contribution in [0, 0.1) is 12.8 Å². The predicted molar refractivity (Wildman–Crippen MR) is 92.5 cm³/mol. The van der Waals surface area contributed by atoms with E-state index in [2.05, 4.69) is 30.2 Å². The molecule has 8 nitrogen and oxygen atoms in total. The third-order valence-electron chi connectivity index (χ3n) is 4.23. The van der Waals surface area contributed by atoms with Crippen molar-refractivity contribution >= 4 is 17.5 Å². The first-order valence-electron chi connectivity index (χ1n) is 7.98. The number of hydrogen-bond donors (Lipinski definition) is 1. The van der Waals surface area contributed by atoms with E-state index in [1.807, 2.05) is 35.9 Å². The molecule has 0 atom stereocenters. The Bertz CT molecular complexity index is 888. The van der Waals surface area contributed by atoms with Crippen molar-refractivity contribution in [3.63, 3.8) is 0 Å². The van der Waals surface area contributed by atoms with E-state index in [1.165, 1.54) is 6.33 Å². The SMILES string of the molecule is Cc1cccnc1NC(=O)C1CN(c2cc(-n3ccnc3)ncn2)C1. The van der Waals surface area contributed by atoms with Gasteiger partial charge in [-0.1, -0.05) is 6.07 Å². The molecule has 1 fully saturated rings. The van der Waals surface area contributed by atoms with Crippen LogP contribution >= 0.6 is 0 Å². The molecule has 25 heavy (non-hydrogen) atoms. The Morgan fingerprint density at radius 2 is 2.04 bits per heavy atom. The van der Waals surface area contributed by atoms with Crippen LogP contribution in [-0.2, 0) is 4.79 Å². The number of rotatable bonds is 4. The monoisotopic (exact) mass is 335 g/mol. The number of carbonyl (C=O) groups is 1. The highest BCUT2D eigenvalue weighted by molar-refractivity contribution is 5.94. The van der Waals surface area contributed by atoms with Crippen molar-refractivity contribution in [2.24, 2.45) is 5.92 Å². The summed E-state index contributed by atoms with van der Waals surface area (Å²) in [6.45, 7) is 3.17. The second kappa shape index (κ2) is 6.31. The van der Waals surface area contributed by atoms with Crippen LogP contribution in [0.3, 0.4) is 0 Å². The molecule has 3 aromatic rings. The molecule has 0 spiro atoms. The highest BCUT2D eigenvalue weighted by atomic mass is 16.2. The molecule has 4 rings (SSSR count). The normalized spacial score (nSPS) is 14.2. The summed E-state index contributed by atoms with van der Waals surface area (Å²) in [5, 5.41) is 2.90. The summed E-state index contributed by atoms with van der Waals surface area (Å²) < 4.78 is 1.82. The fourth-order valence-corrected chi connectivity index (χ4v) is 2.71. The van der Waals surface area contributed by atoms with E-state index in [4.69, 9.17) is 0 Å². The zero-order valence-electron chi connectivity index (χ0n) is 13.7. The molecule has 1 aliphatic heterocycles. The van der Waals surface area contributed by atoms with Gasteiger partial charge in [0.1, 0.15) is 30.1 Å². The van der Waals surface area contributed by atoms with Crippen LogP contribution in [0.15, 0.2) is 49.4 Å². The van der Waals surface area contributed by atoms with E-state index in [9.17, 15) is 4.79 Å². The molecule has 1 amide bonds. The summed E-state index contributed by atoms with van der Waals surface area (Å²) in [6, 6.07) is 5.66. The number of carbonyl (C=O) groups excluding carboxylic acids is 1. The molecule has 4 heterocycles. The lowest BCUT2D eigenvalue weighted by molar-refractivity contribution is -0.120. The lowest BCUT2D eigenvalue weighted by atomic mass is 9.99. The number of hydrogen-bond acceptors (Lipinski definition) is 6. The first-order chi connectivity index (χ1) is 12.2. The first kappa shape index (κ1) is 15.3. The average Bonchev–Trinajstić information content (AvgIpc) is 3.10. The van der Waals surface area contributed by atoms with E-state index < -0.39 is 0 Å². The van der Waals surface area contributed by atoms with Gasteiger partial charge in [-0.05, 0) is 18.6 Å². The number of anilines is 2. The van der Waals surface area contributed by atoms with Crippen molar-refractivity contribution in [1.82, 2.24) is 24.5 Å². The summed E-state index contributed by atoms with van der Waals surface area (Å²) in [6.07, 6.45) is 8.41. The number of imidazole rings is 1. The van der Waals surface area contributed by atoms with Gasteiger partial charge in [0.25, 0.3) is 0 Å². The minimum Gasteiger partial charge on any atom is -0.355 e. The van der Waals surface area contributed by atoms with Gasteiger partial charge >= 0.3 is 0 Å². The Labute approximate surface area is 144 Å². The van der Waals surface area contributed by atoms with Crippen molar-refractivity contribution < 1.29 is 4.79 Å². The van der Waals surface area contributed by atoms with E-state index in [1.54, 1.807) is 18.7 Å².